The molecular formula is C25H20ClNO2. The highest BCUT2D eigenvalue weighted by Gasteiger charge is 2.23. The highest BCUT2D eigenvalue weighted by atomic mass is 35.5. The molecule has 5 aromatic rings. The molecule has 1 aromatic heterocycles. The average molecular weight is 402 g/mol. The molecule has 0 atom stereocenters. The summed E-state index contributed by atoms with van der Waals surface area (Å²) in [6.45, 7) is 0. The summed E-state index contributed by atoms with van der Waals surface area (Å²) in [6, 6.07) is 17.0. The third kappa shape index (κ3) is 2.41. The number of phenolic OH excluding ortho intramolecular Hbond substituents is 1. The molecule has 0 saturated heterocycles. The Morgan fingerprint density at radius 2 is 1.76 bits per heavy atom. The van der Waals surface area contributed by atoms with Crippen molar-refractivity contribution < 1.29 is 27.2 Å². The van der Waals surface area contributed by atoms with Gasteiger partial charge < -0.3 is 22.3 Å². The van der Waals surface area contributed by atoms with Crippen LogP contribution in [0.4, 0.5) is 0 Å². The number of H-pyrrole nitrogens is 1. The van der Waals surface area contributed by atoms with E-state index in [2.05, 4.69) is 53.6 Å². The number of aromatic nitrogens is 1. The fourth-order valence-corrected chi connectivity index (χ4v) is 5.02. The molecule has 0 amide bonds. The maximum absolute atomic E-state index is 10.9. The quantitative estimate of drug-likeness (QED) is 0.346. The summed E-state index contributed by atoms with van der Waals surface area (Å²) in [5, 5.41) is 19.2. The van der Waals surface area contributed by atoms with Gasteiger partial charge >= 0.3 is 0 Å². The van der Waals surface area contributed by atoms with Crippen molar-refractivity contribution >= 4 is 43.2 Å². The van der Waals surface area contributed by atoms with Crippen molar-refractivity contribution in [1.82, 2.24) is 0 Å². The molecule has 0 aliphatic heterocycles. The predicted molar refractivity (Wildman–Crippen MR) is 113 cm³/mol. The number of methoxy groups -OCH3 is 1. The van der Waals surface area contributed by atoms with E-state index < -0.39 is 0 Å². The summed E-state index contributed by atoms with van der Waals surface area (Å²) in [5.74, 6) is 0.793. The second-order valence-corrected chi connectivity index (χ2v) is 7.68. The Hall–Kier alpha value is -3.04. The third-order valence-electron chi connectivity index (χ3n) is 6.24. The molecule has 1 aliphatic rings. The molecule has 0 bridgehead atoms. The lowest BCUT2D eigenvalue weighted by Gasteiger charge is -2.21. The summed E-state index contributed by atoms with van der Waals surface area (Å²) < 4.78 is 5.38. The zero-order valence-corrected chi connectivity index (χ0v) is 16.8. The molecule has 2 N–H and O–H groups in total. The van der Waals surface area contributed by atoms with Crippen molar-refractivity contribution in [2.45, 2.75) is 19.3 Å². The van der Waals surface area contributed by atoms with Gasteiger partial charge in [-0.2, -0.15) is 0 Å². The van der Waals surface area contributed by atoms with E-state index in [1.807, 2.05) is 6.07 Å². The van der Waals surface area contributed by atoms with Crippen LogP contribution in [0.15, 0.2) is 54.7 Å². The van der Waals surface area contributed by atoms with E-state index in [1.165, 1.54) is 38.1 Å². The average Bonchev–Trinajstić information content (AvgIpc) is 2.74. The molecule has 0 unspecified atom stereocenters. The van der Waals surface area contributed by atoms with Gasteiger partial charge in [0.1, 0.15) is 0 Å². The number of pyridine rings is 1. The van der Waals surface area contributed by atoms with Crippen molar-refractivity contribution in [3.8, 4) is 11.5 Å². The van der Waals surface area contributed by atoms with E-state index in [9.17, 15) is 5.11 Å². The van der Waals surface area contributed by atoms with Crippen molar-refractivity contribution in [2.75, 3.05) is 7.11 Å². The summed E-state index contributed by atoms with van der Waals surface area (Å²) in [7, 11) is 1.60. The number of rotatable bonds is 1. The number of hydrogen-bond acceptors (Lipinski definition) is 2. The second kappa shape index (κ2) is 6.50. The highest BCUT2D eigenvalue weighted by Crippen LogP contribution is 2.44. The first-order valence-electron chi connectivity index (χ1n) is 9.76. The van der Waals surface area contributed by atoms with E-state index in [0.29, 0.717) is 5.75 Å². The summed E-state index contributed by atoms with van der Waals surface area (Å²) in [4.78, 5) is 3.55. The number of fused-ring (bicyclic) bond motifs is 6. The first-order valence-corrected chi connectivity index (χ1v) is 9.76. The molecule has 4 aromatic carbocycles. The first-order chi connectivity index (χ1) is 13.8. The van der Waals surface area contributed by atoms with Crippen molar-refractivity contribution in [2.24, 2.45) is 0 Å². The standard InChI is InChI=1S/C25H19NO2.ClH/c1-28-21-10-9-15-12-20-22-14(6-4-8-18(22)23(15)25(21)27)11-19-17-7-3-2-5-16(17)13-26-24(19)20;/h2-3,5,7,9-13,27H,4,6,8H2,1H3;1H. The molecule has 1 heterocycles. The SMILES string of the molecule is COc1ccc2cc3c4c(cc5c6ccccc6c[nH+]c35)CCCc4c2c1O.[Cl-]. The van der Waals surface area contributed by atoms with Gasteiger partial charge in [0, 0.05) is 16.2 Å². The van der Waals surface area contributed by atoms with Gasteiger partial charge in [0.15, 0.2) is 17.7 Å². The van der Waals surface area contributed by atoms with E-state index in [4.69, 9.17) is 4.74 Å². The smallest absolute Gasteiger partial charge is 0.219 e. The summed E-state index contributed by atoms with van der Waals surface area (Å²) in [6.07, 6.45) is 5.23. The van der Waals surface area contributed by atoms with Crippen LogP contribution in [-0.4, -0.2) is 12.2 Å². The van der Waals surface area contributed by atoms with Gasteiger partial charge in [-0.1, -0.05) is 24.3 Å². The Kier molecular flexibility index (Phi) is 4.04. The normalized spacial score (nSPS) is 13.1. The number of aromatic hydroxyl groups is 1. The molecule has 0 spiro atoms. The number of hydrogen-bond donors (Lipinski definition) is 1. The van der Waals surface area contributed by atoms with Crippen molar-refractivity contribution in [3.05, 3.63) is 65.9 Å². The Labute approximate surface area is 174 Å². The minimum Gasteiger partial charge on any atom is -1.00 e. The molecule has 1 aliphatic carbocycles. The first kappa shape index (κ1) is 18.0. The van der Waals surface area contributed by atoms with Crippen LogP contribution in [-0.2, 0) is 12.8 Å². The van der Waals surface area contributed by atoms with Gasteiger partial charge in [0.25, 0.3) is 0 Å². The van der Waals surface area contributed by atoms with Gasteiger partial charge in [-0.15, -0.1) is 0 Å². The van der Waals surface area contributed by atoms with Gasteiger partial charge in [-0.05, 0) is 65.4 Å². The van der Waals surface area contributed by atoms with Gasteiger partial charge in [0.05, 0.1) is 17.9 Å². The van der Waals surface area contributed by atoms with Crippen LogP contribution >= 0.6 is 0 Å². The van der Waals surface area contributed by atoms with Crippen LogP contribution in [0.2, 0.25) is 0 Å². The van der Waals surface area contributed by atoms with E-state index in [1.54, 1.807) is 7.11 Å². The highest BCUT2D eigenvalue weighted by molar-refractivity contribution is 6.19. The molecular weight excluding hydrogens is 382 g/mol. The molecule has 0 radical (unpaired) electrons. The largest absolute Gasteiger partial charge is 1.00 e. The van der Waals surface area contributed by atoms with Crippen molar-refractivity contribution in [1.29, 1.82) is 0 Å². The van der Waals surface area contributed by atoms with Gasteiger partial charge in [-0.3, -0.25) is 0 Å². The molecule has 3 nitrogen and oxygen atoms in total. The zero-order chi connectivity index (χ0) is 18.8. The molecule has 0 fully saturated rings. The fourth-order valence-electron chi connectivity index (χ4n) is 5.02. The second-order valence-electron chi connectivity index (χ2n) is 7.68. The molecule has 144 valence electrons. The molecule has 6 rings (SSSR count). The molecule has 0 saturated carbocycles. The van der Waals surface area contributed by atoms with Crippen molar-refractivity contribution in [3.63, 3.8) is 0 Å². The monoisotopic (exact) mass is 401 g/mol. The lowest BCUT2D eigenvalue weighted by Crippen LogP contribution is -3.00. The van der Waals surface area contributed by atoms with Crippen LogP contribution < -0.4 is 22.1 Å². The van der Waals surface area contributed by atoms with Crippen LogP contribution in [0, 0.1) is 0 Å². The number of nitrogens with one attached hydrogen (secondary N) is 1. The lowest BCUT2D eigenvalue weighted by atomic mass is 9.83. The zero-order valence-electron chi connectivity index (χ0n) is 16.1. The maximum atomic E-state index is 10.9. The van der Waals surface area contributed by atoms with Crippen LogP contribution in [0.3, 0.4) is 0 Å². The summed E-state index contributed by atoms with van der Waals surface area (Å²) >= 11 is 0. The fraction of sp³-hybridized carbons (Fsp3) is 0.160. The molecule has 4 heteroatoms. The number of aromatic amines is 1. The number of aryl methyl sites for hydroxylation is 2. The number of benzene rings is 4. The lowest BCUT2D eigenvalue weighted by molar-refractivity contribution is -0.341. The Morgan fingerprint density at radius 3 is 2.62 bits per heavy atom. The van der Waals surface area contributed by atoms with E-state index in [0.717, 1.165) is 35.6 Å². The summed E-state index contributed by atoms with van der Waals surface area (Å²) in [5.41, 5.74) is 3.78. The minimum absolute atomic E-state index is 0. The molecule has 29 heavy (non-hydrogen) atoms. The number of halogens is 1. The van der Waals surface area contributed by atoms with Gasteiger partial charge in [0.2, 0.25) is 5.52 Å². The third-order valence-corrected chi connectivity index (χ3v) is 6.24. The predicted octanol–water partition coefficient (Wildman–Crippen LogP) is 2.32. The minimum atomic E-state index is 0. The Balaban J connectivity index is 0.00000181. The number of ether oxygens (including phenoxy) is 1. The van der Waals surface area contributed by atoms with Crippen LogP contribution in [0.1, 0.15) is 17.5 Å². The van der Waals surface area contributed by atoms with Gasteiger partial charge in [-0.25, -0.2) is 4.98 Å². The van der Waals surface area contributed by atoms with E-state index >= 15 is 0 Å². The maximum Gasteiger partial charge on any atom is 0.219 e. The van der Waals surface area contributed by atoms with Crippen LogP contribution in [0.25, 0.3) is 43.2 Å². The van der Waals surface area contributed by atoms with Crippen LogP contribution in [0.5, 0.6) is 11.5 Å². The van der Waals surface area contributed by atoms with E-state index in [-0.39, 0.29) is 18.2 Å². The Morgan fingerprint density at radius 1 is 0.897 bits per heavy atom. The topological polar surface area (TPSA) is 43.6 Å². The Bertz CT molecular complexity index is 1440. The number of phenols is 1.